The van der Waals surface area contributed by atoms with Gasteiger partial charge in [0, 0.05) is 25.8 Å². The van der Waals surface area contributed by atoms with Gasteiger partial charge in [-0.05, 0) is 35.9 Å². The van der Waals surface area contributed by atoms with Crippen molar-refractivity contribution in [3.8, 4) is 0 Å². The average molecular weight is 329 g/mol. The van der Waals surface area contributed by atoms with Crippen LogP contribution in [0.4, 0.5) is 5.69 Å². The summed E-state index contributed by atoms with van der Waals surface area (Å²) in [5.41, 5.74) is 7.90. The molecule has 0 radical (unpaired) electrons. The lowest BCUT2D eigenvalue weighted by molar-refractivity contribution is 1.38. The first-order valence-electron chi connectivity index (χ1n) is 5.07. The van der Waals surface area contributed by atoms with Crippen LogP contribution in [0, 0.1) is 0 Å². The van der Waals surface area contributed by atoms with E-state index in [2.05, 4.69) is 15.9 Å². The van der Waals surface area contributed by atoms with Gasteiger partial charge in [-0.25, -0.2) is 0 Å². The molecule has 17 heavy (non-hydrogen) atoms. The fraction of sp³-hybridized carbons (Fsp3) is 0.0769. The molecule has 1 nitrogen and oxygen atoms in total. The predicted octanol–water partition coefficient (Wildman–Crippen LogP) is 4.98. The van der Waals surface area contributed by atoms with Gasteiger partial charge in [0.15, 0.2) is 0 Å². The highest BCUT2D eigenvalue weighted by atomic mass is 79.9. The molecule has 0 aromatic heterocycles. The second-order valence-electron chi connectivity index (χ2n) is 3.59. The van der Waals surface area contributed by atoms with Crippen molar-refractivity contribution in [3.63, 3.8) is 0 Å². The van der Waals surface area contributed by atoms with E-state index in [1.165, 1.54) is 0 Å². The molecule has 88 valence electrons. The summed E-state index contributed by atoms with van der Waals surface area (Å²) in [5.74, 6) is 0.847. The summed E-state index contributed by atoms with van der Waals surface area (Å²) in [6, 6.07) is 13.8. The monoisotopic (exact) mass is 327 g/mol. The summed E-state index contributed by atoms with van der Waals surface area (Å²) >= 11 is 11.1. The highest BCUT2D eigenvalue weighted by Gasteiger charge is 2.01. The first-order chi connectivity index (χ1) is 8.15. The predicted molar refractivity (Wildman–Crippen MR) is 79.6 cm³/mol. The lowest BCUT2D eigenvalue weighted by atomic mass is 10.2. The molecule has 0 saturated carbocycles. The molecule has 0 saturated heterocycles. The van der Waals surface area contributed by atoms with E-state index in [-0.39, 0.29) is 0 Å². The van der Waals surface area contributed by atoms with Crippen LogP contribution in [0.5, 0.6) is 0 Å². The third-order valence-corrected chi connectivity index (χ3v) is 4.07. The zero-order valence-electron chi connectivity index (χ0n) is 8.99. The van der Waals surface area contributed by atoms with Gasteiger partial charge in [-0.2, -0.15) is 0 Å². The SMILES string of the molecule is Nc1cc(Br)ccc1CSc1cccc(Cl)c1. The molecule has 0 heterocycles. The lowest BCUT2D eigenvalue weighted by Gasteiger charge is -2.06. The number of nitrogens with two attached hydrogens (primary N) is 1. The smallest absolute Gasteiger partial charge is 0.0417 e. The Morgan fingerprint density at radius 2 is 2.00 bits per heavy atom. The zero-order chi connectivity index (χ0) is 12.3. The van der Waals surface area contributed by atoms with Crippen LogP contribution in [-0.2, 0) is 5.75 Å². The topological polar surface area (TPSA) is 26.0 Å². The molecule has 2 N–H and O–H groups in total. The molecule has 2 rings (SSSR count). The summed E-state index contributed by atoms with van der Waals surface area (Å²) in [6.45, 7) is 0. The van der Waals surface area contributed by atoms with Crippen LogP contribution in [0.15, 0.2) is 51.8 Å². The van der Waals surface area contributed by atoms with Gasteiger partial charge in [-0.15, -0.1) is 11.8 Å². The number of anilines is 1. The zero-order valence-corrected chi connectivity index (χ0v) is 12.1. The van der Waals surface area contributed by atoms with Crippen molar-refractivity contribution in [1.29, 1.82) is 0 Å². The molecular weight excluding hydrogens is 318 g/mol. The Bertz CT molecular complexity index is 531. The van der Waals surface area contributed by atoms with E-state index in [9.17, 15) is 0 Å². The van der Waals surface area contributed by atoms with Crippen molar-refractivity contribution in [2.24, 2.45) is 0 Å². The molecule has 0 unspecified atom stereocenters. The Hall–Kier alpha value is -0.640. The summed E-state index contributed by atoms with van der Waals surface area (Å²) in [4.78, 5) is 1.15. The minimum Gasteiger partial charge on any atom is -0.398 e. The maximum Gasteiger partial charge on any atom is 0.0417 e. The van der Waals surface area contributed by atoms with Crippen LogP contribution < -0.4 is 5.73 Å². The van der Waals surface area contributed by atoms with E-state index in [1.807, 2.05) is 42.5 Å². The van der Waals surface area contributed by atoms with E-state index in [4.69, 9.17) is 17.3 Å². The second-order valence-corrected chi connectivity index (χ2v) is 5.99. The van der Waals surface area contributed by atoms with Crippen molar-refractivity contribution in [2.45, 2.75) is 10.6 Å². The van der Waals surface area contributed by atoms with Crippen LogP contribution in [0.2, 0.25) is 5.02 Å². The molecule has 2 aromatic rings. The number of rotatable bonds is 3. The second kappa shape index (κ2) is 5.80. The van der Waals surface area contributed by atoms with Gasteiger partial charge >= 0.3 is 0 Å². The van der Waals surface area contributed by atoms with Gasteiger partial charge in [0.2, 0.25) is 0 Å². The molecule has 0 bridgehead atoms. The molecule has 0 fully saturated rings. The van der Waals surface area contributed by atoms with Crippen molar-refractivity contribution in [1.82, 2.24) is 0 Å². The van der Waals surface area contributed by atoms with Gasteiger partial charge in [-0.3, -0.25) is 0 Å². The molecule has 0 aliphatic heterocycles. The van der Waals surface area contributed by atoms with Gasteiger partial charge in [0.25, 0.3) is 0 Å². The molecule has 0 aliphatic rings. The first kappa shape index (κ1) is 12.8. The van der Waals surface area contributed by atoms with Crippen molar-refractivity contribution < 1.29 is 0 Å². The molecule has 0 aliphatic carbocycles. The van der Waals surface area contributed by atoms with Crippen molar-refractivity contribution in [3.05, 3.63) is 57.5 Å². The Balaban J connectivity index is 2.07. The van der Waals surface area contributed by atoms with Gasteiger partial charge in [-0.1, -0.05) is 39.7 Å². The summed E-state index contributed by atoms with van der Waals surface area (Å²) in [5, 5.41) is 0.763. The fourth-order valence-electron chi connectivity index (χ4n) is 1.42. The molecule has 0 amide bonds. The Morgan fingerprint density at radius 1 is 1.18 bits per heavy atom. The maximum atomic E-state index is 5.95. The van der Waals surface area contributed by atoms with Crippen LogP contribution in [0.25, 0.3) is 0 Å². The molecular formula is C13H11BrClNS. The summed E-state index contributed by atoms with van der Waals surface area (Å²) < 4.78 is 1.01. The largest absolute Gasteiger partial charge is 0.398 e. The number of thioether (sulfide) groups is 1. The lowest BCUT2D eigenvalue weighted by Crippen LogP contribution is -1.92. The fourth-order valence-corrected chi connectivity index (χ4v) is 3.02. The first-order valence-corrected chi connectivity index (χ1v) is 7.23. The number of benzene rings is 2. The molecule has 2 aromatic carbocycles. The number of nitrogen functional groups attached to an aromatic ring is 1. The number of hydrogen-bond donors (Lipinski definition) is 1. The highest BCUT2D eigenvalue weighted by molar-refractivity contribution is 9.10. The van der Waals surface area contributed by atoms with Crippen LogP contribution in [0.3, 0.4) is 0 Å². The highest BCUT2D eigenvalue weighted by Crippen LogP contribution is 2.28. The molecule has 4 heteroatoms. The van der Waals surface area contributed by atoms with Gasteiger partial charge in [0.1, 0.15) is 0 Å². The van der Waals surface area contributed by atoms with Crippen molar-refractivity contribution >= 4 is 45.0 Å². The summed E-state index contributed by atoms with van der Waals surface area (Å²) in [7, 11) is 0. The number of halogens is 2. The van der Waals surface area contributed by atoms with Crippen LogP contribution >= 0.6 is 39.3 Å². The Labute approximate surface area is 118 Å². The normalized spacial score (nSPS) is 10.5. The van der Waals surface area contributed by atoms with E-state index in [1.54, 1.807) is 11.8 Å². The third-order valence-electron chi connectivity index (χ3n) is 2.30. The van der Waals surface area contributed by atoms with Crippen molar-refractivity contribution in [2.75, 3.05) is 5.73 Å². The van der Waals surface area contributed by atoms with Gasteiger partial charge < -0.3 is 5.73 Å². The summed E-state index contributed by atoms with van der Waals surface area (Å²) in [6.07, 6.45) is 0. The molecule has 0 spiro atoms. The van der Waals surface area contributed by atoms with E-state index in [0.29, 0.717) is 0 Å². The Kier molecular flexibility index (Phi) is 4.37. The van der Waals surface area contributed by atoms with Crippen LogP contribution in [0.1, 0.15) is 5.56 Å². The standard InChI is InChI=1S/C13H11BrClNS/c14-10-5-4-9(13(16)6-10)8-17-12-3-1-2-11(15)7-12/h1-7H,8,16H2. The van der Waals surface area contributed by atoms with Crippen LogP contribution in [-0.4, -0.2) is 0 Å². The van der Waals surface area contributed by atoms with E-state index in [0.717, 1.165) is 31.4 Å². The minimum atomic E-state index is 0.763. The number of hydrogen-bond acceptors (Lipinski definition) is 2. The molecule has 0 atom stereocenters. The maximum absolute atomic E-state index is 5.95. The quantitative estimate of drug-likeness (QED) is 0.635. The van der Waals surface area contributed by atoms with E-state index >= 15 is 0 Å². The third kappa shape index (κ3) is 3.66. The average Bonchev–Trinajstić information content (AvgIpc) is 2.28. The minimum absolute atomic E-state index is 0.763. The van der Waals surface area contributed by atoms with Gasteiger partial charge in [0.05, 0.1) is 0 Å². The van der Waals surface area contributed by atoms with E-state index < -0.39 is 0 Å². The Morgan fingerprint density at radius 3 is 2.71 bits per heavy atom.